The number of ether oxygens (including phenoxy) is 1. The van der Waals surface area contributed by atoms with Gasteiger partial charge in [-0.2, -0.15) is 5.10 Å². The second-order valence-electron chi connectivity index (χ2n) is 8.48. The standard InChI is InChI=1S/C29H22N6O2/c30-27(36)18-37-23-10-6-7-19(16-23)28-32-26-12-5-4-11-24(26)29(33-28)35(21-8-2-1-3-9-21)22-13-14-25-20(15-22)17-31-34-25/h1-17H,18H2,(H2,30,36)(H,31,34). The van der Waals surface area contributed by atoms with Crippen molar-refractivity contribution in [3.8, 4) is 17.1 Å². The van der Waals surface area contributed by atoms with Crippen molar-refractivity contribution in [2.24, 2.45) is 5.73 Å². The first-order valence-electron chi connectivity index (χ1n) is 11.7. The van der Waals surface area contributed by atoms with Crippen LogP contribution in [0, 0.1) is 0 Å². The Labute approximate surface area is 212 Å². The van der Waals surface area contributed by atoms with E-state index in [2.05, 4.69) is 33.3 Å². The summed E-state index contributed by atoms with van der Waals surface area (Å²) in [6.45, 7) is -0.203. The summed E-state index contributed by atoms with van der Waals surface area (Å²) < 4.78 is 5.52. The van der Waals surface area contributed by atoms with Gasteiger partial charge in [0.1, 0.15) is 11.6 Å². The Morgan fingerprint density at radius 3 is 2.57 bits per heavy atom. The molecule has 4 aromatic carbocycles. The molecule has 0 unspecified atom stereocenters. The van der Waals surface area contributed by atoms with Gasteiger partial charge in [-0.3, -0.25) is 14.8 Å². The van der Waals surface area contributed by atoms with Crippen LogP contribution in [0.25, 0.3) is 33.2 Å². The number of H-pyrrole nitrogens is 1. The van der Waals surface area contributed by atoms with Crippen LogP contribution in [0.3, 0.4) is 0 Å². The van der Waals surface area contributed by atoms with Crippen molar-refractivity contribution in [2.45, 2.75) is 0 Å². The second-order valence-corrected chi connectivity index (χ2v) is 8.48. The Hall–Kier alpha value is -5.24. The first-order valence-corrected chi connectivity index (χ1v) is 11.7. The van der Waals surface area contributed by atoms with Crippen LogP contribution in [-0.2, 0) is 4.79 Å². The number of rotatable bonds is 7. The van der Waals surface area contributed by atoms with E-state index in [1.807, 2.05) is 72.9 Å². The van der Waals surface area contributed by atoms with Crippen LogP contribution >= 0.6 is 0 Å². The number of primary amides is 1. The summed E-state index contributed by atoms with van der Waals surface area (Å²) in [4.78, 5) is 23.2. The highest BCUT2D eigenvalue weighted by atomic mass is 16.5. The molecule has 0 aliphatic heterocycles. The fraction of sp³-hybridized carbons (Fsp3) is 0.0345. The largest absolute Gasteiger partial charge is 0.484 e. The van der Waals surface area contributed by atoms with Gasteiger partial charge in [-0.05, 0) is 54.6 Å². The number of hydrogen-bond acceptors (Lipinski definition) is 6. The highest BCUT2D eigenvalue weighted by Crippen LogP contribution is 2.39. The van der Waals surface area contributed by atoms with Crippen LogP contribution in [0.4, 0.5) is 17.2 Å². The number of amides is 1. The van der Waals surface area contributed by atoms with Gasteiger partial charge in [0.25, 0.3) is 5.91 Å². The molecular formula is C29H22N6O2. The smallest absolute Gasteiger partial charge is 0.255 e. The number of nitrogens with zero attached hydrogens (tertiary/aromatic N) is 4. The number of carbonyl (C=O) groups is 1. The Morgan fingerprint density at radius 2 is 1.70 bits per heavy atom. The zero-order valence-corrected chi connectivity index (χ0v) is 19.7. The first-order chi connectivity index (χ1) is 18.2. The Bertz CT molecular complexity index is 1730. The molecule has 1 amide bonds. The molecule has 0 aliphatic rings. The lowest BCUT2D eigenvalue weighted by Gasteiger charge is -2.26. The van der Waals surface area contributed by atoms with Gasteiger partial charge in [-0.25, -0.2) is 9.97 Å². The zero-order valence-electron chi connectivity index (χ0n) is 19.7. The van der Waals surface area contributed by atoms with Gasteiger partial charge >= 0.3 is 0 Å². The molecule has 8 nitrogen and oxygen atoms in total. The molecule has 0 saturated heterocycles. The van der Waals surface area contributed by atoms with E-state index in [4.69, 9.17) is 20.4 Å². The number of nitrogens with two attached hydrogens (primary N) is 1. The minimum absolute atomic E-state index is 0.203. The molecule has 0 aliphatic carbocycles. The second kappa shape index (κ2) is 9.43. The van der Waals surface area contributed by atoms with Gasteiger partial charge in [-0.15, -0.1) is 0 Å². The number of anilines is 3. The van der Waals surface area contributed by atoms with Crippen LogP contribution in [0.5, 0.6) is 5.75 Å². The van der Waals surface area contributed by atoms with Crippen molar-refractivity contribution in [3.05, 3.63) is 103 Å². The van der Waals surface area contributed by atoms with Gasteiger partial charge < -0.3 is 10.5 Å². The quantitative estimate of drug-likeness (QED) is 0.308. The van der Waals surface area contributed by atoms with E-state index in [1.165, 1.54) is 0 Å². The molecule has 0 fully saturated rings. The van der Waals surface area contributed by atoms with Crippen LogP contribution in [0.1, 0.15) is 0 Å². The summed E-state index contributed by atoms with van der Waals surface area (Å²) >= 11 is 0. The van der Waals surface area contributed by atoms with Crippen molar-refractivity contribution >= 4 is 44.9 Å². The average Bonchev–Trinajstić information content (AvgIpc) is 3.41. The molecule has 8 heteroatoms. The number of aromatic amines is 1. The Kier molecular flexibility index (Phi) is 5.67. The molecule has 180 valence electrons. The number of nitrogens with one attached hydrogen (secondary N) is 1. The fourth-order valence-electron chi connectivity index (χ4n) is 4.28. The third-order valence-corrected chi connectivity index (χ3v) is 5.96. The molecule has 2 aromatic heterocycles. The number of aromatic nitrogens is 4. The normalized spacial score (nSPS) is 11.0. The zero-order chi connectivity index (χ0) is 25.2. The SMILES string of the molecule is NC(=O)COc1cccc(-c2nc(N(c3ccccc3)c3ccc4[nH]ncc4c3)c3ccccc3n2)c1. The van der Waals surface area contributed by atoms with Crippen LogP contribution in [0.15, 0.2) is 103 Å². The van der Waals surface area contributed by atoms with Gasteiger partial charge in [-0.1, -0.05) is 42.5 Å². The van der Waals surface area contributed by atoms with E-state index in [0.717, 1.165) is 44.6 Å². The minimum atomic E-state index is -0.539. The van der Waals surface area contributed by atoms with E-state index >= 15 is 0 Å². The van der Waals surface area contributed by atoms with Crippen molar-refractivity contribution in [3.63, 3.8) is 0 Å². The minimum Gasteiger partial charge on any atom is -0.484 e. The predicted octanol–water partition coefficient (Wildman–Crippen LogP) is 5.51. The van der Waals surface area contributed by atoms with Gasteiger partial charge in [0.05, 0.1) is 17.2 Å². The topological polar surface area (TPSA) is 110 Å². The van der Waals surface area contributed by atoms with E-state index in [1.54, 1.807) is 12.1 Å². The summed E-state index contributed by atoms with van der Waals surface area (Å²) in [5, 5.41) is 9.09. The summed E-state index contributed by atoms with van der Waals surface area (Å²) in [6, 6.07) is 31.5. The molecule has 0 atom stereocenters. The van der Waals surface area contributed by atoms with E-state index in [0.29, 0.717) is 11.6 Å². The maximum Gasteiger partial charge on any atom is 0.255 e. The van der Waals surface area contributed by atoms with Crippen molar-refractivity contribution in [2.75, 3.05) is 11.5 Å². The van der Waals surface area contributed by atoms with E-state index in [-0.39, 0.29) is 6.61 Å². The predicted molar refractivity (Wildman–Crippen MR) is 144 cm³/mol. The molecule has 0 spiro atoms. The maximum absolute atomic E-state index is 11.2. The van der Waals surface area contributed by atoms with Crippen molar-refractivity contribution < 1.29 is 9.53 Å². The molecular weight excluding hydrogens is 464 g/mol. The molecule has 3 N–H and O–H groups in total. The maximum atomic E-state index is 11.2. The van der Waals surface area contributed by atoms with Crippen LogP contribution in [-0.4, -0.2) is 32.7 Å². The number of carbonyl (C=O) groups excluding carboxylic acids is 1. The average molecular weight is 487 g/mol. The molecule has 2 heterocycles. The lowest BCUT2D eigenvalue weighted by Crippen LogP contribution is -2.20. The summed E-state index contributed by atoms with van der Waals surface area (Å²) in [5.74, 6) is 1.24. The highest BCUT2D eigenvalue weighted by Gasteiger charge is 2.20. The molecule has 0 saturated carbocycles. The lowest BCUT2D eigenvalue weighted by atomic mass is 10.1. The molecule has 6 rings (SSSR count). The molecule has 37 heavy (non-hydrogen) atoms. The van der Waals surface area contributed by atoms with Crippen LogP contribution < -0.4 is 15.4 Å². The third kappa shape index (κ3) is 4.43. The number of hydrogen-bond donors (Lipinski definition) is 2. The first kappa shape index (κ1) is 22.2. The van der Waals surface area contributed by atoms with E-state index in [9.17, 15) is 4.79 Å². The summed E-state index contributed by atoms with van der Waals surface area (Å²) in [7, 11) is 0. The molecule has 0 bridgehead atoms. The number of fused-ring (bicyclic) bond motifs is 2. The van der Waals surface area contributed by atoms with Crippen molar-refractivity contribution in [1.82, 2.24) is 20.2 Å². The molecule has 6 aromatic rings. The monoisotopic (exact) mass is 486 g/mol. The highest BCUT2D eigenvalue weighted by molar-refractivity contribution is 5.97. The fourth-order valence-corrected chi connectivity index (χ4v) is 4.28. The summed E-state index contributed by atoms with van der Waals surface area (Å²) in [6.07, 6.45) is 1.81. The third-order valence-electron chi connectivity index (χ3n) is 5.96. The van der Waals surface area contributed by atoms with E-state index < -0.39 is 5.91 Å². The Balaban J connectivity index is 1.55. The molecule has 0 radical (unpaired) electrons. The van der Waals surface area contributed by atoms with Gasteiger partial charge in [0.15, 0.2) is 12.4 Å². The van der Waals surface area contributed by atoms with Gasteiger partial charge in [0, 0.05) is 27.7 Å². The summed E-state index contributed by atoms with van der Waals surface area (Å²) in [5.41, 5.74) is 9.65. The lowest BCUT2D eigenvalue weighted by molar-refractivity contribution is -0.119. The number of benzene rings is 4. The van der Waals surface area contributed by atoms with Gasteiger partial charge in [0.2, 0.25) is 0 Å². The number of para-hydroxylation sites is 2. The Morgan fingerprint density at radius 1 is 0.865 bits per heavy atom. The van der Waals surface area contributed by atoms with Crippen LogP contribution in [0.2, 0.25) is 0 Å². The van der Waals surface area contributed by atoms with Crippen molar-refractivity contribution in [1.29, 1.82) is 0 Å².